The Bertz CT molecular complexity index is 241. The van der Waals surface area contributed by atoms with Gasteiger partial charge in [0, 0.05) is 0 Å². The van der Waals surface area contributed by atoms with Crippen molar-refractivity contribution in [2.75, 3.05) is 7.11 Å². The van der Waals surface area contributed by atoms with E-state index in [0.717, 1.165) is 0 Å². The Labute approximate surface area is 66.2 Å². The van der Waals surface area contributed by atoms with Gasteiger partial charge >= 0.3 is 0 Å². The molecule has 0 amide bonds. The van der Waals surface area contributed by atoms with Crippen LogP contribution in [0.15, 0.2) is 16.7 Å². The maximum atomic E-state index is 12.3. The van der Waals surface area contributed by atoms with Crippen molar-refractivity contribution in [1.29, 1.82) is 0 Å². The van der Waals surface area contributed by atoms with Gasteiger partial charge in [0.25, 0.3) is 0 Å². The van der Waals surface area contributed by atoms with Gasteiger partial charge < -0.3 is 4.74 Å². The molecule has 0 bridgehead atoms. The minimum atomic E-state index is -0.521. The molecule has 0 saturated carbocycles. The first kappa shape index (κ1) is 7.47. The highest BCUT2D eigenvalue weighted by molar-refractivity contribution is 9.10. The summed E-state index contributed by atoms with van der Waals surface area (Å²) in [5.74, 6) is 0.00840. The maximum Gasteiger partial charge on any atom is 0.214 e. The van der Waals surface area contributed by atoms with Crippen LogP contribution in [0.2, 0.25) is 0 Å². The van der Waals surface area contributed by atoms with E-state index in [2.05, 4.69) is 20.9 Å². The van der Waals surface area contributed by atoms with Gasteiger partial charge in [0.15, 0.2) is 10.4 Å². The van der Waals surface area contributed by atoms with E-state index in [1.165, 1.54) is 19.2 Å². The van der Waals surface area contributed by atoms with Crippen LogP contribution in [0, 0.1) is 5.95 Å². The first-order valence-corrected chi connectivity index (χ1v) is 3.39. The van der Waals surface area contributed by atoms with Gasteiger partial charge in [-0.05, 0) is 28.1 Å². The number of ether oxygens (including phenoxy) is 1. The van der Waals surface area contributed by atoms with Gasteiger partial charge in [-0.15, -0.1) is 0 Å². The van der Waals surface area contributed by atoms with Crippen molar-refractivity contribution in [3.63, 3.8) is 0 Å². The van der Waals surface area contributed by atoms with Crippen LogP contribution in [0.3, 0.4) is 0 Å². The lowest BCUT2D eigenvalue weighted by Crippen LogP contribution is -1.88. The molecule has 0 unspecified atom stereocenters. The topological polar surface area (TPSA) is 22.1 Å². The highest BCUT2D eigenvalue weighted by atomic mass is 79.9. The monoisotopic (exact) mass is 205 g/mol. The third kappa shape index (κ3) is 1.44. The normalized spacial score (nSPS) is 9.50. The Morgan fingerprint density at radius 3 is 2.80 bits per heavy atom. The largest absolute Gasteiger partial charge is 0.494 e. The molecule has 0 fully saturated rings. The summed E-state index contributed by atoms with van der Waals surface area (Å²) in [6.07, 6.45) is 0. The molecule has 2 nitrogen and oxygen atoms in total. The van der Waals surface area contributed by atoms with E-state index in [4.69, 9.17) is 4.74 Å². The Morgan fingerprint density at radius 1 is 1.60 bits per heavy atom. The summed E-state index contributed by atoms with van der Waals surface area (Å²) < 4.78 is 17.5. The molecule has 0 aliphatic heterocycles. The second-order valence-corrected chi connectivity index (χ2v) is 2.38. The molecule has 54 valence electrons. The molecule has 1 rings (SSSR count). The van der Waals surface area contributed by atoms with Crippen molar-refractivity contribution < 1.29 is 9.13 Å². The van der Waals surface area contributed by atoms with Crippen LogP contribution < -0.4 is 4.74 Å². The smallest absolute Gasteiger partial charge is 0.214 e. The maximum absolute atomic E-state index is 12.3. The summed E-state index contributed by atoms with van der Waals surface area (Å²) in [5, 5.41) is 0. The first-order valence-electron chi connectivity index (χ1n) is 2.60. The van der Waals surface area contributed by atoms with E-state index in [9.17, 15) is 4.39 Å². The summed E-state index contributed by atoms with van der Waals surface area (Å²) in [6, 6.07) is 2.75. The van der Waals surface area contributed by atoms with Crippen LogP contribution in [0.25, 0.3) is 0 Å². The van der Waals surface area contributed by atoms with Crippen LogP contribution in [0.5, 0.6) is 5.75 Å². The lowest BCUT2D eigenvalue weighted by Gasteiger charge is -1.99. The van der Waals surface area contributed by atoms with Crippen molar-refractivity contribution in [2.45, 2.75) is 0 Å². The molecule has 0 aliphatic rings. The minimum absolute atomic E-state index is 0.384. The van der Waals surface area contributed by atoms with Crippen molar-refractivity contribution >= 4 is 15.9 Å². The van der Waals surface area contributed by atoms with Crippen molar-refractivity contribution in [3.8, 4) is 5.75 Å². The average Bonchev–Trinajstić information content (AvgIpc) is 1.88. The van der Waals surface area contributed by atoms with E-state index < -0.39 is 5.95 Å². The van der Waals surface area contributed by atoms with Gasteiger partial charge in [-0.2, -0.15) is 4.39 Å². The summed E-state index contributed by atoms with van der Waals surface area (Å²) in [4.78, 5) is 3.47. The number of rotatable bonds is 1. The summed E-state index contributed by atoms with van der Waals surface area (Å²) in [6.45, 7) is 0. The third-order valence-corrected chi connectivity index (χ3v) is 1.57. The third-order valence-electron chi connectivity index (χ3n) is 1.00. The summed E-state index contributed by atoms with van der Waals surface area (Å²) >= 11 is 3.03. The SMILES string of the molecule is COc1ccc(F)nc1Br. The molecule has 1 heterocycles. The van der Waals surface area contributed by atoms with E-state index in [1.54, 1.807) is 0 Å². The van der Waals surface area contributed by atoms with E-state index in [1.807, 2.05) is 0 Å². The molecule has 0 saturated heterocycles. The van der Waals surface area contributed by atoms with Crippen LogP contribution >= 0.6 is 15.9 Å². The van der Waals surface area contributed by atoms with E-state index >= 15 is 0 Å². The molecule has 0 aromatic carbocycles. The fourth-order valence-electron chi connectivity index (χ4n) is 0.552. The lowest BCUT2D eigenvalue weighted by molar-refractivity contribution is 0.406. The number of hydrogen-bond acceptors (Lipinski definition) is 2. The van der Waals surface area contributed by atoms with Gasteiger partial charge in [0.1, 0.15) is 0 Å². The van der Waals surface area contributed by atoms with Gasteiger partial charge in [0.05, 0.1) is 7.11 Å². The zero-order valence-electron chi connectivity index (χ0n) is 5.27. The molecule has 0 spiro atoms. The summed E-state index contributed by atoms with van der Waals surface area (Å²) in [7, 11) is 1.50. The fourth-order valence-corrected chi connectivity index (χ4v) is 1.02. The highest BCUT2D eigenvalue weighted by Gasteiger charge is 2.00. The number of pyridine rings is 1. The Kier molecular flexibility index (Phi) is 2.21. The zero-order valence-corrected chi connectivity index (χ0v) is 6.85. The van der Waals surface area contributed by atoms with Crippen molar-refractivity contribution in [1.82, 2.24) is 4.98 Å². The van der Waals surface area contributed by atoms with Crippen LogP contribution in [-0.4, -0.2) is 12.1 Å². The predicted octanol–water partition coefficient (Wildman–Crippen LogP) is 1.99. The zero-order chi connectivity index (χ0) is 7.56. The van der Waals surface area contributed by atoms with Gasteiger partial charge in [-0.3, -0.25) is 0 Å². The molecule has 0 radical (unpaired) electrons. The molecule has 0 N–H and O–H groups in total. The number of methoxy groups -OCH3 is 1. The van der Waals surface area contributed by atoms with Crippen molar-refractivity contribution in [3.05, 3.63) is 22.7 Å². The molecule has 4 heteroatoms. The average molecular weight is 206 g/mol. The number of hydrogen-bond donors (Lipinski definition) is 0. The van der Waals surface area contributed by atoms with E-state index in [0.29, 0.717) is 10.4 Å². The van der Waals surface area contributed by atoms with Crippen LogP contribution in [0.1, 0.15) is 0 Å². The highest BCUT2D eigenvalue weighted by Crippen LogP contribution is 2.21. The molecule has 10 heavy (non-hydrogen) atoms. The first-order chi connectivity index (χ1) is 4.74. The minimum Gasteiger partial charge on any atom is -0.494 e. The fraction of sp³-hybridized carbons (Fsp3) is 0.167. The Balaban J connectivity index is 3.07. The Morgan fingerprint density at radius 2 is 2.30 bits per heavy atom. The standard InChI is InChI=1S/C6H5BrFNO/c1-10-4-2-3-5(8)9-6(4)7/h2-3H,1H3. The van der Waals surface area contributed by atoms with Crippen molar-refractivity contribution in [2.24, 2.45) is 0 Å². The lowest BCUT2D eigenvalue weighted by atomic mass is 10.5. The number of aromatic nitrogens is 1. The molecule has 1 aromatic rings. The molecule has 0 aliphatic carbocycles. The summed E-state index contributed by atoms with van der Waals surface area (Å²) in [5.41, 5.74) is 0. The molecular weight excluding hydrogens is 201 g/mol. The van der Waals surface area contributed by atoms with Gasteiger partial charge in [-0.25, -0.2) is 4.98 Å². The van der Waals surface area contributed by atoms with Crippen LogP contribution in [-0.2, 0) is 0 Å². The quantitative estimate of drug-likeness (QED) is 0.655. The number of halogens is 2. The van der Waals surface area contributed by atoms with E-state index in [-0.39, 0.29) is 0 Å². The van der Waals surface area contributed by atoms with Gasteiger partial charge in [-0.1, -0.05) is 0 Å². The van der Waals surface area contributed by atoms with Gasteiger partial charge in [0.2, 0.25) is 5.95 Å². The Hall–Kier alpha value is -0.640. The molecule has 1 aromatic heterocycles. The molecule has 0 atom stereocenters. The predicted molar refractivity (Wildman–Crippen MR) is 38.4 cm³/mol. The molecular formula is C6H5BrFNO. The number of nitrogens with zero attached hydrogens (tertiary/aromatic N) is 1. The van der Waals surface area contributed by atoms with Crippen LogP contribution in [0.4, 0.5) is 4.39 Å². The second kappa shape index (κ2) is 2.96. The second-order valence-electron chi connectivity index (χ2n) is 1.63.